The van der Waals surface area contributed by atoms with Gasteiger partial charge in [0.1, 0.15) is 11.2 Å². The molecule has 3 heterocycles. The number of benzene rings is 9. The van der Waals surface area contributed by atoms with Crippen LogP contribution in [0.1, 0.15) is 0 Å². The third kappa shape index (κ3) is 4.44. The molecule has 0 unspecified atom stereocenters. The third-order valence-electron chi connectivity index (χ3n) is 11.5. The Morgan fingerprint density at radius 1 is 0.291 bits per heavy atom. The predicted octanol–water partition coefficient (Wildman–Crippen LogP) is 14.3. The topological polar surface area (TPSA) is 23.0 Å². The molecule has 12 rings (SSSR count). The van der Waals surface area contributed by atoms with Crippen LogP contribution in [0.25, 0.3) is 110 Å². The van der Waals surface area contributed by atoms with Gasteiger partial charge < -0.3 is 13.6 Å². The van der Waals surface area contributed by atoms with E-state index in [1.54, 1.807) is 0 Å². The number of rotatable bonds is 4. The quantitative estimate of drug-likeness (QED) is 0.179. The van der Waals surface area contributed by atoms with E-state index in [9.17, 15) is 0 Å². The minimum atomic E-state index is 0.907. The SMILES string of the molecule is c1ccc(-n2c3ccccc3c3ccc(-c4ccc5c6ccccc6n(-c6ccc(-c7ccc8c(c7)oc7ccccc78)c7ccccc67)c5c4)cc32)cc1. The summed E-state index contributed by atoms with van der Waals surface area (Å²) in [4.78, 5) is 0. The molecule has 0 fully saturated rings. The number of hydrogen-bond donors (Lipinski definition) is 0. The van der Waals surface area contributed by atoms with Crippen molar-refractivity contribution in [2.75, 3.05) is 0 Å². The summed E-state index contributed by atoms with van der Waals surface area (Å²) in [7, 11) is 0. The van der Waals surface area contributed by atoms with Crippen LogP contribution in [0, 0.1) is 0 Å². The number of nitrogens with zero attached hydrogens (tertiary/aromatic N) is 2. The smallest absolute Gasteiger partial charge is 0.136 e. The number of furan rings is 1. The van der Waals surface area contributed by atoms with Gasteiger partial charge in [-0.1, -0.05) is 133 Å². The molecular weight excluding hydrogens is 669 g/mol. The zero-order valence-electron chi connectivity index (χ0n) is 29.8. The second-order valence-corrected chi connectivity index (χ2v) is 14.5. The second kappa shape index (κ2) is 11.6. The molecule has 0 saturated heterocycles. The molecule has 0 radical (unpaired) electrons. The van der Waals surface area contributed by atoms with Crippen molar-refractivity contribution >= 4 is 76.3 Å². The number of hydrogen-bond acceptors (Lipinski definition) is 1. The minimum absolute atomic E-state index is 0.907. The molecule has 256 valence electrons. The van der Waals surface area contributed by atoms with Gasteiger partial charge in [-0.3, -0.25) is 0 Å². The lowest BCUT2D eigenvalue weighted by Crippen LogP contribution is -1.96. The number of aromatic nitrogens is 2. The summed E-state index contributed by atoms with van der Waals surface area (Å²) in [6.45, 7) is 0. The van der Waals surface area contributed by atoms with Gasteiger partial charge in [0.15, 0.2) is 0 Å². The molecule has 12 aromatic rings. The maximum atomic E-state index is 6.32. The Kier molecular flexibility index (Phi) is 6.34. The summed E-state index contributed by atoms with van der Waals surface area (Å²) < 4.78 is 11.2. The van der Waals surface area contributed by atoms with Gasteiger partial charge >= 0.3 is 0 Å². The molecular formula is C52H32N2O. The highest BCUT2D eigenvalue weighted by atomic mass is 16.3. The van der Waals surface area contributed by atoms with Crippen LogP contribution >= 0.6 is 0 Å². The van der Waals surface area contributed by atoms with E-state index in [4.69, 9.17) is 4.42 Å². The van der Waals surface area contributed by atoms with Crippen LogP contribution in [0.5, 0.6) is 0 Å². The summed E-state index contributed by atoms with van der Waals surface area (Å²) in [6, 6.07) is 70.3. The van der Waals surface area contributed by atoms with Crippen molar-refractivity contribution in [3.05, 3.63) is 194 Å². The van der Waals surface area contributed by atoms with Crippen LogP contribution in [0.3, 0.4) is 0 Å². The second-order valence-electron chi connectivity index (χ2n) is 14.5. The standard InChI is InChI=1S/C52H32N2O/c1-2-12-36(13-3-1)53-46-19-9-6-16-40(46)42-25-22-33(30-49(42)53)34-23-26-43-41-17-7-10-20-47(41)54(50(43)31-34)48-29-28-37(38-14-4-5-15-39(38)48)35-24-27-45-44-18-8-11-21-51(44)55-52(45)32-35/h1-32H. The lowest BCUT2D eigenvalue weighted by Gasteiger charge is -2.15. The van der Waals surface area contributed by atoms with Crippen molar-refractivity contribution in [1.29, 1.82) is 0 Å². The number of fused-ring (bicyclic) bond motifs is 10. The van der Waals surface area contributed by atoms with Gasteiger partial charge in [0.2, 0.25) is 0 Å². The maximum absolute atomic E-state index is 6.32. The van der Waals surface area contributed by atoms with Crippen molar-refractivity contribution in [2.45, 2.75) is 0 Å². The van der Waals surface area contributed by atoms with E-state index >= 15 is 0 Å². The zero-order chi connectivity index (χ0) is 36.0. The van der Waals surface area contributed by atoms with E-state index in [0.29, 0.717) is 0 Å². The fraction of sp³-hybridized carbons (Fsp3) is 0. The molecule has 0 bridgehead atoms. The Morgan fingerprint density at radius 2 is 0.800 bits per heavy atom. The fourth-order valence-corrected chi connectivity index (χ4v) is 9.04. The van der Waals surface area contributed by atoms with Gasteiger partial charge in [-0.25, -0.2) is 0 Å². The van der Waals surface area contributed by atoms with Gasteiger partial charge in [-0.15, -0.1) is 0 Å². The van der Waals surface area contributed by atoms with Crippen LogP contribution in [-0.4, -0.2) is 9.13 Å². The van der Waals surface area contributed by atoms with Gasteiger partial charge in [0.25, 0.3) is 0 Å². The van der Waals surface area contributed by atoms with Crippen molar-refractivity contribution in [2.24, 2.45) is 0 Å². The third-order valence-corrected chi connectivity index (χ3v) is 11.5. The summed E-state index contributed by atoms with van der Waals surface area (Å²) in [6.07, 6.45) is 0. The molecule has 0 atom stereocenters. The Labute approximate surface area is 316 Å². The molecule has 0 aliphatic rings. The van der Waals surface area contributed by atoms with E-state index in [1.807, 2.05) is 12.1 Å². The average molecular weight is 701 g/mol. The van der Waals surface area contributed by atoms with Crippen LogP contribution in [0.4, 0.5) is 0 Å². The van der Waals surface area contributed by atoms with E-state index in [0.717, 1.165) is 38.9 Å². The molecule has 3 aromatic heterocycles. The molecule has 0 aliphatic carbocycles. The highest BCUT2D eigenvalue weighted by molar-refractivity contribution is 6.14. The first-order chi connectivity index (χ1) is 27.3. The van der Waals surface area contributed by atoms with E-state index in [2.05, 4.69) is 191 Å². The summed E-state index contributed by atoms with van der Waals surface area (Å²) in [5.74, 6) is 0. The molecule has 0 spiro atoms. The van der Waals surface area contributed by atoms with Crippen molar-refractivity contribution in [3.63, 3.8) is 0 Å². The first kappa shape index (κ1) is 30.1. The molecule has 9 aromatic carbocycles. The van der Waals surface area contributed by atoms with E-state index in [1.165, 1.54) is 71.1 Å². The van der Waals surface area contributed by atoms with Gasteiger partial charge in [-0.05, 0) is 88.3 Å². The Hall–Kier alpha value is -7.36. The molecule has 3 heteroatoms. The maximum Gasteiger partial charge on any atom is 0.136 e. The molecule has 0 amide bonds. The Balaban J connectivity index is 1.06. The largest absolute Gasteiger partial charge is 0.456 e. The lowest BCUT2D eigenvalue weighted by atomic mass is 9.96. The van der Waals surface area contributed by atoms with Crippen LogP contribution < -0.4 is 0 Å². The van der Waals surface area contributed by atoms with Gasteiger partial charge in [-0.2, -0.15) is 0 Å². The lowest BCUT2D eigenvalue weighted by molar-refractivity contribution is 0.669. The fourth-order valence-electron chi connectivity index (χ4n) is 9.04. The van der Waals surface area contributed by atoms with Crippen molar-refractivity contribution < 1.29 is 4.42 Å². The first-order valence-corrected chi connectivity index (χ1v) is 18.8. The Morgan fingerprint density at radius 3 is 1.53 bits per heavy atom. The highest BCUT2D eigenvalue weighted by Gasteiger charge is 2.19. The van der Waals surface area contributed by atoms with E-state index in [-0.39, 0.29) is 0 Å². The summed E-state index contributed by atoms with van der Waals surface area (Å²) in [5.41, 5.74) is 13.6. The monoisotopic (exact) mass is 700 g/mol. The summed E-state index contributed by atoms with van der Waals surface area (Å²) in [5, 5.41) is 9.69. The average Bonchev–Trinajstić information content (AvgIpc) is 3.90. The predicted molar refractivity (Wildman–Crippen MR) is 231 cm³/mol. The van der Waals surface area contributed by atoms with Crippen molar-refractivity contribution in [1.82, 2.24) is 9.13 Å². The molecule has 3 nitrogen and oxygen atoms in total. The summed E-state index contributed by atoms with van der Waals surface area (Å²) >= 11 is 0. The molecule has 55 heavy (non-hydrogen) atoms. The highest BCUT2D eigenvalue weighted by Crippen LogP contribution is 2.41. The van der Waals surface area contributed by atoms with Gasteiger partial charge in [0.05, 0.1) is 27.8 Å². The normalized spacial score (nSPS) is 12.0. The van der Waals surface area contributed by atoms with E-state index < -0.39 is 0 Å². The number of para-hydroxylation sites is 4. The zero-order valence-corrected chi connectivity index (χ0v) is 29.8. The minimum Gasteiger partial charge on any atom is -0.456 e. The van der Waals surface area contributed by atoms with Crippen LogP contribution in [0.2, 0.25) is 0 Å². The Bertz CT molecular complexity index is 3490. The van der Waals surface area contributed by atoms with Crippen LogP contribution in [0.15, 0.2) is 199 Å². The molecule has 0 saturated carbocycles. The first-order valence-electron chi connectivity index (χ1n) is 18.8. The molecule has 0 N–H and O–H groups in total. The van der Waals surface area contributed by atoms with Crippen LogP contribution in [-0.2, 0) is 0 Å². The van der Waals surface area contributed by atoms with Gasteiger partial charge in [0, 0.05) is 43.4 Å². The molecule has 0 aliphatic heterocycles. The van der Waals surface area contributed by atoms with Crippen molar-refractivity contribution in [3.8, 4) is 33.6 Å².